The number of nitriles is 1. The number of alkyl halides is 3. The summed E-state index contributed by atoms with van der Waals surface area (Å²) in [7, 11) is 0. The smallest absolute Gasteiger partial charge is 0.368 e. The number of primary amides is 1. The van der Waals surface area contributed by atoms with Crippen molar-refractivity contribution in [2.75, 3.05) is 6.54 Å². The Balaban J connectivity index is 2.49. The third-order valence-corrected chi connectivity index (χ3v) is 4.77. The van der Waals surface area contributed by atoms with Crippen LogP contribution in [0.4, 0.5) is 13.2 Å². The zero-order valence-corrected chi connectivity index (χ0v) is 17.1. The first-order valence-corrected chi connectivity index (χ1v) is 9.56. The Hall–Kier alpha value is -2.92. The number of nitrogens with two attached hydrogens (primary N) is 1. The van der Waals surface area contributed by atoms with Gasteiger partial charge in [0.2, 0.25) is 5.91 Å². The van der Waals surface area contributed by atoms with Crippen LogP contribution in [-0.4, -0.2) is 34.6 Å². The van der Waals surface area contributed by atoms with E-state index in [2.05, 4.69) is 4.98 Å². The molecule has 2 atom stereocenters. The zero-order valence-electron chi connectivity index (χ0n) is 17.1. The van der Waals surface area contributed by atoms with Crippen LogP contribution in [0.3, 0.4) is 0 Å². The summed E-state index contributed by atoms with van der Waals surface area (Å²) in [5, 5.41) is 9.16. The first kappa shape index (κ1) is 23.4. The molecule has 0 spiro atoms. The molecular weight excluding hydrogens is 393 g/mol. The van der Waals surface area contributed by atoms with Crippen LogP contribution in [0.5, 0.6) is 0 Å². The number of hydrogen-bond donors (Lipinski definition) is 1. The number of benzene rings is 1. The minimum absolute atomic E-state index is 0.0534. The molecule has 0 saturated carbocycles. The van der Waals surface area contributed by atoms with Crippen LogP contribution in [0.15, 0.2) is 42.6 Å². The molecule has 5 nitrogen and oxygen atoms in total. The van der Waals surface area contributed by atoms with Crippen molar-refractivity contribution < 1.29 is 18.0 Å². The summed E-state index contributed by atoms with van der Waals surface area (Å²) in [5.74, 6) is -0.952. The predicted octanol–water partition coefficient (Wildman–Crippen LogP) is 4.39. The quantitative estimate of drug-likeness (QED) is 0.645. The second-order valence-electron chi connectivity index (χ2n) is 7.63. The molecule has 1 heterocycles. The van der Waals surface area contributed by atoms with Crippen LogP contribution >= 0.6 is 0 Å². The second kappa shape index (κ2) is 9.72. The molecule has 2 aromatic rings. The first-order valence-electron chi connectivity index (χ1n) is 9.56. The number of halogens is 3. The summed E-state index contributed by atoms with van der Waals surface area (Å²) in [6.07, 6.45) is -2.94. The van der Waals surface area contributed by atoms with Gasteiger partial charge in [-0.3, -0.25) is 14.7 Å². The van der Waals surface area contributed by atoms with Crippen molar-refractivity contribution in [3.8, 4) is 17.2 Å². The highest BCUT2D eigenvalue weighted by atomic mass is 19.4. The number of aromatic nitrogens is 1. The van der Waals surface area contributed by atoms with Crippen LogP contribution in [0.25, 0.3) is 11.1 Å². The highest BCUT2D eigenvalue weighted by molar-refractivity contribution is 5.80. The van der Waals surface area contributed by atoms with E-state index in [1.807, 2.05) is 13.0 Å². The van der Waals surface area contributed by atoms with Gasteiger partial charge in [-0.25, -0.2) is 0 Å². The minimum atomic E-state index is -4.70. The van der Waals surface area contributed by atoms with Gasteiger partial charge >= 0.3 is 6.18 Å². The molecular formula is C22H25F3N4O. The average Bonchev–Trinajstić information content (AvgIpc) is 2.65. The largest absolute Gasteiger partial charge is 0.408 e. The Kier molecular flexibility index (Phi) is 7.57. The van der Waals surface area contributed by atoms with Crippen molar-refractivity contribution in [3.63, 3.8) is 0 Å². The SMILES string of the molecule is Cc1cc(-c2ccc([C@H](N(CC#N)[C@@H](CC(C)C)C(N)=O)C(F)(F)F)cc2)ccn1. The predicted molar refractivity (Wildman–Crippen MR) is 108 cm³/mol. The van der Waals surface area contributed by atoms with Crippen LogP contribution in [0, 0.1) is 24.2 Å². The number of aryl methyl sites for hydroxylation is 1. The van der Waals surface area contributed by atoms with Crippen molar-refractivity contribution in [1.82, 2.24) is 9.88 Å². The maximum atomic E-state index is 14.1. The lowest BCUT2D eigenvalue weighted by Gasteiger charge is -2.37. The molecule has 1 amide bonds. The molecule has 0 aliphatic carbocycles. The van der Waals surface area contributed by atoms with E-state index in [1.54, 1.807) is 44.3 Å². The Morgan fingerprint density at radius 2 is 1.83 bits per heavy atom. The van der Waals surface area contributed by atoms with Crippen LogP contribution in [0.2, 0.25) is 0 Å². The molecule has 2 rings (SSSR count). The van der Waals surface area contributed by atoms with Gasteiger partial charge in [0.05, 0.1) is 18.7 Å². The topological polar surface area (TPSA) is 83.0 Å². The third kappa shape index (κ3) is 5.80. The number of rotatable bonds is 8. The molecule has 1 aromatic carbocycles. The molecule has 30 heavy (non-hydrogen) atoms. The average molecular weight is 418 g/mol. The molecule has 8 heteroatoms. The third-order valence-electron chi connectivity index (χ3n) is 4.77. The summed E-state index contributed by atoms with van der Waals surface area (Å²) >= 11 is 0. The number of carbonyl (C=O) groups is 1. The fourth-order valence-electron chi connectivity index (χ4n) is 3.48. The fourth-order valence-corrected chi connectivity index (χ4v) is 3.48. The molecule has 0 unspecified atom stereocenters. The van der Waals surface area contributed by atoms with E-state index < -0.39 is 30.7 Å². The van der Waals surface area contributed by atoms with Crippen LogP contribution in [-0.2, 0) is 4.79 Å². The van der Waals surface area contributed by atoms with E-state index in [-0.39, 0.29) is 17.9 Å². The van der Waals surface area contributed by atoms with Gasteiger partial charge in [0.25, 0.3) is 0 Å². The van der Waals surface area contributed by atoms with Gasteiger partial charge in [-0.05, 0) is 48.1 Å². The molecule has 0 aliphatic heterocycles. The van der Waals surface area contributed by atoms with E-state index in [1.165, 1.54) is 12.1 Å². The number of carbonyl (C=O) groups excluding carboxylic acids is 1. The Morgan fingerprint density at radius 3 is 2.30 bits per heavy atom. The summed E-state index contributed by atoms with van der Waals surface area (Å²) in [6, 6.07) is 7.97. The number of amides is 1. The van der Waals surface area contributed by atoms with Crippen molar-refractivity contribution in [3.05, 3.63) is 53.9 Å². The van der Waals surface area contributed by atoms with Gasteiger partial charge in [-0.2, -0.15) is 18.4 Å². The molecule has 0 saturated heterocycles. The molecule has 1 aromatic heterocycles. The molecule has 0 aliphatic rings. The van der Waals surface area contributed by atoms with Gasteiger partial charge in [0.1, 0.15) is 6.04 Å². The second-order valence-corrected chi connectivity index (χ2v) is 7.63. The standard InChI is InChI=1S/C22H25F3N4O/c1-14(2)12-19(21(27)30)29(11-9-26)20(22(23,24)25)17-6-4-16(5-7-17)18-8-10-28-15(3)13-18/h4-8,10,13-14,19-20H,11-12H2,1-3H3,(H2,27,30)/t19-,20-/m0/s1. The van der Waals surface area contributed by atoms with Gasteiger partial charge in [-0.1, -0.05) is 38.1 Å². The fraction of sp³-hybridized carbons (Fsp3) is 0.409. The lowest BCUT2D eigenvalue weighted by Crippen LogP contribution is -2.51. The van der Waals surface area contributed by atoms with Crippen molar-refractivity contribution >= 4 is 5.91 Å². The van der Waals surface area contributed by atoms with Gasteiger partial charge in [0.15, 0.2) is 0 Å². The van der Waals surface area contributed by atoms with Crippen molar-refractivity contribution in [2.24, 2.45) is 11.7 Å². The Bertz CT molecular complexity index is 904. The normalized spacial score (nSPS) is 13.8. The molecule has 160 valence electrons. The molecule has 2 N–H and O–H groups in total. The van der Waals surface area contributed by atoms with Crippen molar-refractivity contribution in [1.29, 1.82) is 5.26 Å². The summed E-state index contributed by atoms with van der Waals surface area (Å²) in [5.41, 5.74) is 7.74. The van der Waals surface area contributed by atoms with Crippen LogP contribution < -0.4 is 5.73 Å². The summed E-state index contributed by atoms with van der Waals surface area (Å²) < 4.78 is 42.3. The van der Waals surface area contributed by atoms with Crippen molar-refractivity contribution in [2.45, 2.75) is 45.5 Å². The van der Waals surface area contributed by atoms with E-state index in [0.29, 0.717) is 0 Å². The van der Waals surface area contributed by atoms with Gasteiger partial charge < -0.3 is 5.73 Å². The number of hydrogen-bond acceptors (Lipinski definition) is 4. The summed E-state index contributed by atoms with van der Waals surface area (Å²) in [4.78, 5) is 17.0. The maximum Gasteiger partial charge on any atom is 0.408 e. The van der Waals surface area contributed by atoms with Gasteiger partial charge in [-0.15, -0.1) is 0 Å². The van der Waals surface area contributed by atoms with Crippen LogP contribution in [0.1, 0.15) is 37.6 Å². The number of pyridine rings is 1. The monoisotopic (exact) mass is 418 g/mol. The number of nitrogens with zero attached hydrogens (tertiary/aromatic N) is 3. The minimum Gasteiger partial charge on any atom is -0.368 e. The zero-order chi connectivity index (χ0) is 22.5. The Morgan fingerprint density at radius 1 is 1.20 bits per heavy atom. The van der Waals surface area contributed by atoms with E-state index >= 15 is 0 Å². The van der Waals surface area contributed by atoms with Gasteiger partial charge in [0, 0.05) is 11.9 Å². The highest BCUT2D eigenvalue weighted by Gasteiger charge is 2.47. The molecule has 0 radical (unpaired) electrons. The van der Waals surface area contributed by atoms with E-state index in [0.717, 1.165) is 21.7 Å². The lowest BCUT2D eigenvalue weighted by atomic mass is 9.95. The Labute approximate surface area is 174 Å². The lowest BCUT2D eigenvalue weighted by molar-refractivity contribution is -0.192. The molecule has 0 fully saturated rings. The van der Waals surface area contributed by atoms with E-state index in [9.17, 15) is 18.0 Å². The highest BCUT2D eigenvalue weighted by Crippen LogP contribution is 2.40. The summed E-state index contributed by atoms with van der Waals surface area (Å²) in [6.45, 7) is 4.83. The van der Waals surface area contributed by atoms with E-state index in [4.69, 9.17) is 11.0 Å². The first-order chi connectivity index (χ1) is 14.0. The molecule has 0 bridgehead atoms. The maximum absolute atomic E-state index is 14.1.